The van der Waals surface area contributed by atoms with Crippen molar-refractivity contribution in [3.05, 3.63) is 29.3 Å². The van der Waals surface area contributed by atoms with E-state index < -0.39 is 0 Å². The third-order valence-corrected chi connectivity index (χ3v) is 3.51. The summed E-state index contributed by atoms with van der Waals surface area (Å²) in [6.45, 7) is 4.46. The number of phenols is 1. The number of likely N-dealkylation sites (tertiary alicyclic amines) is 1. The summed E-state index contributed by atoms with van der Waals surface area (Å²) < 4.78 is 0. The number of aromatic hydroxyl groups is 1. The molecule has 2 N–H and O–H groups in total. The number of phenolic OH excluding ortho intramolecular Hbond substituents is 1. The molecule has 4 heteroatoms. The lowest BCUT2D eigenvalue weighted by Gasteiger charge is -2.18. The molecule has 0 radical (unpaired) electrons. The Morgan fingerprint density at radius 3 is 3.00 bits per heavy atom. The maximum atomic E-state index is 12.4. The summed E-state index contributed by atoms with van der Waals surface area (Å²) in [6, 6.07) is 4.91. The van der Waals surface area contributed by atoms with Gasteiger partial charge in [-0.1, -0.05) is 0 Å². The number of carbonyl (C=O) groups excluding carboxylic acids is 1. The molecule has 2 rings (SSSR count). The van der Waals surface area contributed by atoms with E-state index in [1.807, 2.05) is 18.9 Å². The SMILES string of the molecule is CNCC1CCN(C(=O)c2ccc(O)cc2C)C1. The van der Waals surface area contributed by atoms with E-state index in [1.165, 1.54) is 0 Å². The smallest absolute Gasteiger partial charge is 0.254 e. The fourth-order valence-corrected chi connectivity index (χ4v) is 2.53. The lowest BCUT2D eigenvalue weighted by Crippen LogP contribution is -2.30. The largest absolute Gasteiger partial charge is 0.508 e. The summed E-state index contributed by atoms with van der Waals surface area (Å²) in [5.41, 5.74) is 1.52. The molecular formula is C14H20N2O2. The minimum Gasteiger partial charge on any atom is -0.508 e. The Bertz CT molecular complexity index is 445. The zero-order valence-electron chi connectivity index (χ0n) is 10.9. The predicted octanol–water partition coefficient (Wildman–Crippen LogP) is 1.38. The van der Waals surface area contributed by atoms with Crippen molar-refractivity contribution < 1.29 is 9.90 Å². The Kier molecular flexibility index (Phi) is 3.87. The van der Waals surface area contributed by atoms with Gasteiger partial charge in [0.1, 0.15) is 5.75 Å². The third kappa shape index (κ3) is 2.64. The van der Waals surface area contributed by atoms with Crippen LogP contribution in [-0.2, 0) is 0 Å². The van der Waals surface area contributed by atoms with Crippen molar-refractivity contribution in [1.82, 2.24) is 10.2 Å². The van der Waals surface area contributed by atoms with Gasteiger partial charge in [0.25, 0.3) is 5.91 Å². The summed E-state index contributed by atoms with van der Waals surface area (Å²) in [7, 11) is 1.94. The van der Waals surface area contributed by atoms with Gasteiger partial charge in [-0.2, -0.15) is 0 Å². The molecule has 1 atom stereocenters. The number of nitrogens with zero attached hydrogens (tertiary/aromatic N) is 1. The molecule has 0 aromatic heterocycles. The maximum Gasteiger partial charge on any atom is 0.254 e. The molecule has 1 aliphatic heterocycles. The van der Waals surface area contributed by atoms with Crippen molar-refractivity contribution in [3.63, 3.8) is 0 Å². The highest BCUT2D eigenvalue weighted by Crippen LogP contribution is 2.21. The minimum absolute atomic E-state index is 0.0751. The van der Waals surface area contributed by atoms with Crippen LogP contribution in [0.3, 0.4) is 0 Å². The fraction of sp³-hybridized carbons (Fsp3) is 0.500. The van der Waals surface area contributed by atoms with E-state index in [1.54, 1.807) is 18.2 Å². The molecule has 0 saturated carbocycles. The van der Waals surface area contributed by atoms with E-state index in [2.05, 4.69) is 5.32 Å². The van der Waals surface area contributed by atoms with Crippen LogP contribution in [0.25, 0.3) is 0 Å². The number of benzene rings is 1. The molecule has 4 nitrogen and oxygen atoms in total. The van der Waals surface area contributed by atoms with Gasteiger partial charge in [0, 0.05) is 18.7 Å². The second-order valence-electron chi connectivity index (χ2n) is 4.96. The average molecular weight is 248 g/mol. The molecule has 18 heavy (non-hydrogen) atoms. The normalized spacial score (nSPS) is 19.2. The number of hydrogen-bond donors (Lipinski definition) is 2. The average Bonchev–Trinajstić information content (AvgIpc) is 2.77. The number of nitrogens with one attached hydrogen (secondary N) is 1. The summed E-state index contributed by atoms with van der Waals surface area (Å²) in [6.07, 6.45) is 1.06. The van der Waals surface area contributed by atoms with Gasteiger partial charge < -0.3 is 15.3 Å². The van der Waals surface area contributed by atoms with Crippen LogP contribution in [-0.4, -0.2) is 42.6 Å². The monoisotopic (exact) mass is 248 g/mol. The Morgan fingerprint density at radius 1 is 1.56 bits per heavy atom. The van der Waals surface area contributed by atoms with Crippen LogP contribution in [0, 0.1) is 12.8 Å². The van der Waals surface area contributed by atoms with Gasteiger partial charge in [0.2, 0.25) is 0 Å². The second-order valence-corrected chi connectivity index (χ2v) is 4.96. The van der Waals surface area contributed by atoms with Crippen molar-refractivity contribution >= 4 is 5.91 Å². The number of amides is 1. The Labute approximate surface area is 108 Å². The Morgan fingerprint density at radius 2 is 2.33 bits per heavy atom. The van der Waals surface area contributed by atoms with Crippen molar-refractivity contribution in [2.75, 3.05) is 26.7 Å². The van der Waals surface area contributed by atoms with Gasteiger partial charge in [0.15, 0.2) is 0 Å². The Balaban J connectivity index is 2.08. The first kappa shape index (κ1) is 12.9. The molecule has 1 amide bonds. The van der Waals surface area contributed by atoms with E-state index in [0.717, 1.165) is 31.6 Å². The highest BCUT2D eigenvalue weighted by atomic mass is 16.3. The van der Waals surface area contributed by atoms with E-state index in [-0.39, 0.29) is 11.7 Å². The molecule has 98 valence electrons. The summed E-state index contributed by atoms with van der Waals surface area (Å²) in [5.74, 6) is 0.834. The highest BCUT2D eigenvalue weighted by Gasteiger charge is 2.27. The summed E-state index contributed by atoms with van der Waals surface area (Å²) >= 11 is 0. The number of carbonyl (C=O) groups is 1. The molecule has 0 spiro atoms. The zero-order chi connectivity index (χ0) is 13.1. The van der Waals surface area contributed by atoms with Crippen LogP contribution >= 0.6 is 0 Å². The fourth-order valence-electron chi connectivity index (χ4n) is 2.53. The van der Waals surface area contributed by atoms with Crippen LogP contribution < -0.4 is 5.32 Å². The van der Waals surface area contributed by atoms with Gasteiger partial charge in [-0.3, -0.25) is 4.79 Å². The second kappa shape index (κ2) is 5.40. The summed E-state index contributed by atoms with van der Waals surface area (Å²) in [4.78, 5) is 14.3. The van der Waals surface area contributed by atoms with Crippen LogP contribution in [0.2, 0.25) is 0 Å². The van der Waals surface area contributed by atoms with E-state index in [0.29, 0.717) is 11.5 Å². The van der Waals surface area contributed by atoms with E-state index in [4.69, 9.17) is 0 Å². The molecule has 1 fully saturated rings. The quantitative estimate of drug-likeness (QED) is 0.849. The number of aryl methyl sites for hydroxylation is 1. The minimum atomic E-state index is 0.0751. The van der Waals surface area contributed by atoms with E-state index >= 15 is 0 Å². The van der Waals surface area contributed by atoms with Crippen molar-refractivity contribution in [3.8, 4) is 5.75 Å². The lowest BCUT2D eigenvalue weighted by atomic mass is 10.1. The highest BCUT2D eigenvalue weighted by molar-refractivity contribution is 5.96. The molecular weight excluding hydrogens is 228 g/mol. The topological polar surface area (TPSA) is 52.6 Å². The van der Waals surface area contributed by atoms with Gasteiger partial charge >= 0.3 is 0 Å². The van der Waals surface area contributed by atoms with Crippen molar-refractivity contribution in [2.45, 2.75) is 13.3 Å². The first-order valence-corrected chi connectivity index (χ1v) is 6.35. The van der Waals surface area contributed by atoms with Crippen molar-refractivity contribution in [2.24, 2.45) is 5.92 Å². The standard InChI is InChI=1S/C14H20N2O2/c1-10-7-12(17)3-4-13(10)14(18)16-6-5-11(9-16)8-15-2/h3-4,7,11,15,17H,5-6,8-9H2,1-2H3. The molecule has 1 aromatic carbocycles. The van der Waals surface area contributed by atoms with Crippen LogP contribution in [0.4, 0.5) is 0 Å². The molecule has 1 unspecified atom stereocenters. The predicted molar refractivity (Wildman–Crippen MR) is 70.8 cm³/mol. The lowest BCUT2D eigenvalue weighted by molar-refractivity contribution is 0.0786. The first-order valence-electron chi connectivity index (χ1n) is 6.35. The van der Waals surface area contributed by atoms with Crippen LogP contribution in [0.5, 0.6) is 5.75 Å². The Hall–Kier alpha value is -1.55. The van der Waals surface area contributed by atoms with Crippen LogP contribution in [0.15, 0.2) is 18.2 Å². The van der Waals surface area contributed by atoms with Gasteiger partial charge in [0.05, 0.1) is 0 Å². The first-order chi connectivity index (χ1) is 8.61. The molecule has 1 saturated heterocycles. The summed E-state index contributed by atoms with van der Waals surface area (Å²) in [5, 5.41) is 12.5. The van der Waals surface area contributed by atoms with Crippen molar-refractivity contribution in [1.29, 1.82) is 0 Å². The third-order valence-electron chi connectivity index (χ3n) is 3.51. The molecule has 1 aliphatic rings. The van der Waals surface area contributed by atoms with Gasteiger partial charge in [-0.15, -0.1) is 0 Å². The van der Waals surface area contributed by atoms with Gasteiger partial charge in [-0.25, -0.2) is 0 Å². The maximum absolute atomic E-state index is 12.4. The molecule has 1 heterocycles. The number of rotatable bonds is 3. The number of hydrogen-bond acceptors (Lipinski definition) is 3. The molecule has 0 bridgehead atoms. The molecule has 0 aliphatic carbocycles. The zero-order valence-corrected chi connectivity index (χ0v) is 10.9. The molecule has 1 aromatic rings. The van der Waals surface area contributed by atoms with Crippen LogP contribution in [0.1, 0.15) is 22.3 Å². The van der Waals surface area contributed by atoms with E-state index in [9.17, 15) is 9.90 Å². The van der Waals surface area contributed by atoms with Gasteiger partial charge in [-0.05, 0) is 56.6 Å².